The first kappa shape index (κ1) is 8.75. The number of hydrogen-bond donors (Lipinski definition) is 1. The standard InChI is InChI=1S/C10H17N3/c1-2-13-6-5-12-10(13)7-8-3-4-9(8)11/h5-6,8-9H,2-4,7,11H2,1H3. The van der Waals surface area contributed by atoms with E-state index in [1.807, 2.05) is 12.4 Å². The fourth-order valence-corrected chi connectivity index (χ4v) is 1.90. The smallest absolute Gasteiger partial charge is 0.108 e. The Balaban J connectivity index is 2.00. The molecule has 3 nitrogen and oxygen atoms in total. The van der Waals surface area contributed by atoms with Crippen molar-refractivity contribution in [1.29, 1.82) is 0 Å². The quantitative estimate of drug-likeness (QED) is 0.757. The zero-order valence-electron chi connectivity index (χ0n) is 8.11. The molecule has 0 spiro atoms. The molecule has 13 heavy (non-hydrogen) atoms. The van der Waals surface area contributed by atoms with Crippen LogP contribution in [-0.2, 0) is 13.0 Å². The van der Waals surface area contributed by atoms with E-state index in [-0.39, 0.29) is 0 Å². The molecule has 0 aromatic carbocycles. The Bertz CT molecular complexity index is 279. The Morgan fingerprint density at radius 2 is 2.46 bits per heavy atom. The summed E-state index contributed by atoms with van der Waals surface area (Å²) in [6.45, 7) is 3.16. The van der Waals surface area contributed by atoms with E-state index in [2.05, 4.69) is 16.5 Å². The number of aryl methyl sites for hydroxylation is 1. The average Bonchev–Trinajstić information content (AvgIpc) is 2.58. The second kappa shape index (κ2) is 3.50. The summed E-state index contributed by atoms with van der Waals surface area (Å²) in [6.07, 6.45) is 7.44. The highest BCUT2D eigenvalue weighted by Gasteiger charge is 2.28. The third-order valence-corrected chi connectivity index (χ3v) is 3.06. The van der Waals surface area contributed by atoms with Gasteiger partial charge in [-0.3, -0.25) is 0 Å². The predicted octanol–water partition coefficient (Wildman–Crippen LogP) is 1.18. The van der Waals surface area contributed by atoms with Gasteiger partial charge in [-0.2, -0.15) is 0 Å². The molecule has 0 aliphatic heterocycles. The van der Waals surface area contributed by atoms with Gasteiger partial charge in [0.05, 0.1) is 0 Å². The van der Waals surface area contributed by atoms with Crippen LogP contribution in [0, 0.1) is 5.92 Å². The number of rotatable bonds is 3. The summed E-state index contributed by atoms with van der Waals surface area (Å²) in [5.74, 6) is 1.87. The van der Waals surface area contributed by atoms with Gasteiger partial charge in [0.1, 0.15) is 5.82 Å². The third kappa shape index (κ3) is 1.61. The maximum Gasteiger partial charge on any atom is 0.108 e. The van der Waals surface area contributed by atoms with Crippen molar-refractivity contribution in [2.45, 2.75) is 38.8 Å². The molecule has 0 bridgehead atoms. The number of hydrogen-bond acceptors (Lipinski definition) is 2. The van der Waals surface area contributed by atoms with Gasteiger partial charge in [0.2, 0.25) is 0 Å². The first-order valence-corrected chi connectivity index (χ1v) is 5.07. The van der Waals surface area contributed by atoms with Crippen LogP contribution in [0.2, 0.25) is 0 Å². The van der Waals surface area contributed by atoms with Gasteiger partial charge < -0.3 is 10.3 Å². The lowest BCUT2D eigenvalue weighted by Crippen LogP contribution is -2.40. The summed E-state index contributed by atoms with van der Waals surface area (Å²) in [6, 6.07) is 0.419. The van der Waals surface area contributed by atoms with Crippen LogP contribution in [0.25, 0.3) is 0 Å². The Labute approximate surface area is 79.0 Å². The SMILES string of the molecule is CCn1ccnc1CC1CCC1N. The molecular formula is C10H17N3. The van der Waals surface area contributed by atoms with Crippen LogP contribution in [0.1, 0.15) is 25.6 Å². The number of imidazole rings is 1. The normalized spacial score (nSPS) is 27.2. The second-order valence-electron chi connectivity index (χ2n) is 3.83. The summed E-state index contributed by atoms with van der Waals surface area (Å²) in [4.78, 5) is 4.35. The Hall–Kier alpha value is -0.830. The third-order valence-electron chi connectivity index (χ3n) is 3.06. The van der Waals surface area contributed by atoms with Crippen LogP contribution >= 0.6 is 0 Å². The number of nitrogens with zero attached hydrogens (tertiary/aromatic N) is 2. The first-order valence-electron chi connectivity index (χ1n) is 5.07. The van der Waals surface area contributed by atoms with E-state index < -0.39 is 0 Å². The van der Waals surface area contributed by atoms with E-state index in [4.69, 9.17) is 5.73 Å². The van der Waals surface area contributed by atoms with E-state index in [0.29, 0.717) is 12.0 Å². The lowest BCUT2D eigenvalue weighted by atomic mass is 9.78. The van der Waals surface area contributed by atoms with Crippen LogP contribution in [0.5, 0.6) is 0 Å². The summed E-state index contributed by atoms with van der Waals surface area (Å²) in [7, 11) is 0. The molecule has 2 atom stereocenters. The number of nitrogens with two attached hydrogens (primary N) is 1. The second-order valence-corrected chi connectivity index (χ2v) is 3.83. The van der Waals surface area contributed by atoms with Crippen LogP contribution in [0.4, 0.5) is 0 Å². The van der Waals surface area contributed by atoms with Crippen molar-refractivity contribution in [2.24, 2.45) is 11.7 Å². The molecule has 0 saturated heterocycles. The minimum absolute atomic E-state index is 0.419. The van der Waals surface area contributed by atoms with Crippen molar-refractivity contribution in [2.75, 3.05) is 0 Å². The van der Waals surface area contributed by atoms with Crippen molar-refractivity contribution in [3.8, 4) is 0 Å². The molecular weight excluding hydrogens is 162 g/mol. The molecule has 1 fully saturated rings. The van der Waals surface area contributed by atoms with E-state index >= 15 is 0 Å². The molecule has 2 unspecified atom stereocenters. The maximum absolute atomic E-state index is 5.89. The number of aromatic nitrogens is 2. The minimum Gasteiger partial charge on any atom is -0.335 e. The van der Waals surface area contributed by atoms with Crippen molar-refractivity contribution < 1.29 is 0 Å². The Morgan fingerprint density at radius 3 is 3.00 bits per heavy atom. The largest absolute Gasteiger partial charge is 0.335 e. The Kier molecular flexibility index (Phi) is 2.36. The topological polar surface area (TPSA) is 43.8 Å². The summed E-state index contributed by atoms with van der Waals surface area (Å²) in [5.41, 5.74) is 5.89. The van der Waals surface area contributed by atoms with E-state index in [1.165, 1.54) is 18.7 Å². The first-order chi connectivity index (χ1) is 6.31. The van der Waals surface area contributed by atoms with Gasteiger partial charge in [-0.05, 0) is 25.7 Å². The molecule has 1 saturated carbocycles. The zero-order valence-corrected chi connectivity index (χ0v) is 8.11. The van der Waals surface area contributed by atoms with E-state index in [1.54, 1.807) is 0 Å². The summed E-state index contributed by atoms with van der Waals surface area (Å²) < 4.78 is 2.20. The lowest BCUT2D eigenvalue weighted by molar-refractivity contribution is 0.250. The van der Waals surface area contributed by atoms with Crippen LogP contribution in [0.3, 0.4) is 0 Å². The molecule has 1 aromatic heterocycles. The molecule has 1 heterocycles. The van der Waals surface area contributed by atoms with Crippen molar-refractivity contribution >= 4 is 0 Å². The molecule has 3 heteroatoms. The monoisotopic (exact) mass is 179 g/mol. The predicted molar refractivity (Wildman–Crippen MR) is 52.3 cm³/mol. The molecule has 2 N–H and O–H groups in total. The van der Waals surface area contributed by atoms with Gasteiger partial charge in [-0.1, -0.05) is 0 Å². The lowest BCUT2D eigenvalue weighted by Gasteiger charge is -2.33. The molecule has 1 aromatic rings. The highest BCUT2D eigenvalue weighted by molar-refractivity contribution is 4.98. The minimum atomic E-state index is 0.419. The van der Waals surface area contributed by atoms with Gasteiger partial charge in [-0.15, -0.1) is 0 Å². The van der Waals surface area contributed by atoms with Gasteiger partial charge in [0.25, 0.3) is 0 Å². The van der Waals surface area contributed by atoms with E-state index in [0.717, 1.165) is 13.0 Å². The molecule has 2 rings (SSSR count). The van der Waals surface area contributed by atoms with Crippen LogP contribution in [0.15, 0.2) is 12.4 Å². The summed E-state index contributed by atoms with van der Waals surface area (Å²) >= 11 is 0. The molecule has 72 valence electrons. The van der Waals surface area contributed by atoms with Gasteiger partial charge in [0, 0.05) is 31.4 Å². The van der Waals surface area contributed by atoms with Gasteiger partial charge in [-0.25, -0.2) is 4.98 Å². The molecule has 0 amide bonds. The molecule has 1 aliphatic carbocycles. The Morgan fingerprint density at radius 1 is 1.62 bits per heavy atom. The average molecular weight is 179 g/mol. The fraction of sp³-hybridized carbons (Fsp3) is 0.700. The van der Waals surface area contributed by atoms with Crippen LogP contribution in [-0.4, -0.2) is 15.6 Å². The fourth-order valence-electron chi connectivity index (χ4n) is 1.90. The van der Waals surface area contributed by atoms with E-state index in [9.17, 15) is 0 Å². The van der Waals surface area contributed by atoms with Crippen molar-refractivity contribution in [1.82, 2.24) is 9.55 Å². The van der Waals surface area contributed by atoms with Crippen molar-refractivity contribution in [3.05, 3.63) is 18.2 Å². The highest BCUT2D eigenvalue weighted by Crippen LogP contribution is 2.28. The molecule has 0 radical (unpaired) electrons. The molecule has 1 aliphatic rings. The zero-order chi connectivity index (χ0) is 9.26. The van der Waals surface area contributed by atoms with Crippen LogP contribution < -0.4 is 5.73 Å². The van der Waals surface area contributed by atoms with Crippen molar-refractivity contribution in [3.63, 3.8) is 0 Å². The maximum atomic E-state index is 5.89. The van der Waals surface area contributed by atoms with Gasteiger partial charge in [0.15, 0.2) is 0 Å². The highest BCUT2D eigenvalue weighted by atomic mass is 15.1. The summed E-state index contributed by atoms with van der Waals surface area (Å²) in [5, 5.41) is 0. The van der Waals surface area contributed by atoms with Gasteiger partial charge >= 0.3 is 0 Å².